The molecule has 1 N–H and O–H groups in total. The Morgan fingerprint density at radius 1 is 0.971 bits per heavy atom. The lowest BCUT2D eigenvalue weighted by molar-refractivity contribution is -0.117. The van der Waals surface area contributed by atoms with Crippen LogP contribution in [0, 0.1) is 0 Å². The lowest BCUT2D eigenvalue weighted by Gasteiger charge is -2.23. The Balaban J connectivity index is 1.37. The van der Waals surface area contributed by atoms with Crippen molar-refractivity contribution in [2.24, 2.45) is 0 Å². The fourth-order valence-corrected chi connectivity index (χ4v) is 4.51. The fraction of sp³-hybridized carbons (Fsp3) is 0.296. The van der Waals surface area contributed by atoms with Gasteiger partial charge in [0.15, 0.2) is 0 Å². The molecule has 0 bridgehead atoms. The molecule has 1 aromatic heterocycles. The Hall–Kier alpha value is -3.38. The number of hydrogen-bond donors (Lipinski definition) is 1. The summed E-state index contributed by atoms with van der Waals surface area (Å²) in [5.74, 6) is 0.558. The third kappa shape index (κ3) is 5.57. The summed E-state index contributed by atoms with van der Waals surface area (Å²) in [7, 11) is 0. The van der Waals surface area contributed by atoms with Crippen LogP contribution in [0.2, 0.25) is 5.02 Å². The minimum atomic E-state index is -0.201. The molecule has 2 aromatic carbocycles. The summed E-state index contributed by atoms with van der Waals surface area (Å²) in [4.78, 5) is 34.3. The maximum absolute atomic E-state index is 12.9. The Morgan fingerprint density at radius 2 is 1.74 bits per heavy atom. The molecule has 1 aliphatic heterocycles. The molecular weight excluding hydrogens is 448 g/mol. The number of halogens is 1. The van der Waals surface area contributed by atoms with Crippen molar-refractivity contribution in [3.05, 3.63) is 89.1 Å². The van der Waals surface area contributed by atoms with Crippen LogP contribution < -0.4 is 10.2 Å². The summed E-state index contributed by atoms with van der Waals surface area (Å²) in [6, 6.07) is 20.8. The third-order valence-electron chi connectivity index (χ3n) is 6.15. The predicted octanol–water partition coefficient (Wildman–Crippen LogP) is 5.22. The number of hydrogen-bond acceptors (Lipinski definition) is 4. The Morgan fingerprint density at radius 3 is 2.44 bits per heavy atom. The Labute approximate surface area is 205 Å². The van der Waals surface area contributed by atoms with Gasteiger partial charge in [-0.25, -0.2) is 4.98 Å². The van der Waals surface area contributed by atoms with Crippen molar-refractivity contribution in [3.8, 4) is 0 Å². The maximum atomic E-state index is 12.9. The van der Waals surface area contributed by atoms with Crippen molar-refractivity contribution >= 4 is 34.9 Å². The molecule has 2 amide bonds. The molecule has 3 aromatic rings. The largest absolute Gasteiger partial charge is 0.355 e. The van der Waals surface area contributed by atoms with E-state index in [1.165, 1.54) is 0 Å². The van der Waals surface area contributed by atoms with E-state index < -0.39 is 0 Å². The first kappa shape index (κ1) is 23.8. The molecule has 7 heteroatoms. The molecule has 1 saturated heterocycles. The van der Waals surface area contributed by atoms with Gasteiger partial charge in [-0.3, -0.25) is 9.59 Å². The van der Waals surface area contributed by atoms with Gasteiger partial charge in [0.1, 0.15) is 5.82 Å². The molecule has 0 radical (unpaired) electrons. The normalized spacial score (nSPS) is 14.9. The van der Waals surface area contributed by atoms with Gasteiger partial charge in [-0.1, -0.05) is 61.0 Å². The number of rotatable bonds is 6. The van der Waals surface area contributed by atoms with E-state index in [4.69, 9.17) is 11.6 Å². The minimum absolute atomic E-state index is 0.0354. The molecule has 0 spiro atoms. The van der Waals surface area contributed by atoms with Gasteiger partial charge in [-0.05, 0) is 42.7 Å². The van der Waals surface area contributed by atoms with Crippen molar-refractivity contribution in [1.82, 2.24) is 9.88 Å². The van der Waals surface area contributed by atoms with Crippen molar-refractivity contribution in [1.29, 1.82) is 0 Å². The van der Waals surface area contributed by atoms with Crippen LogP contribution in [0.15, 0.2) is 72.9 Å². The maximum Gasteiger partial charge on any atom is 0.255 e. The first-order valence-corrected chi connectivity index (χ1v) is 12.0. The lowest BCUT2D eigenvalue weighted by atomic mass is 9.95. The van der Waals surface area contributed by atoms with Crippen molar-refractivity contribution in [2.45, 2.75) is 25.7 Å². The zero-order valence-corrected chi connectivity index (χ0v) is 20.0. The number of amides is 2. The highest BCUT2D eigenvalue weighted by atomic mass is 35.5. The zero-order valence-electron chi connectivity index (χ0n) is 19.3. The van der Waals surface area contributed by atoms with E-state index in [9.17, 15) is 9.59 Å². The SMILES string of the molecule is CC[C@@H](C(=O)Nc1ccc(N2CCCN(C(=O)c3ccccc3Cl)CC2)nc1)c1ccccc1. The number of carbonyl (C=O) groups is 2. The van der Waals surface area contributed by atoms with Gasteiger partial charge in [0.25, 0.3) is 5.91 Å². The van der Waals surface area contributed by atoms with Crippen LogP contribution >= 0.6 is 11.6 Å². The van der Waals surface area contributed by atoms with Crippen molar-refractivity contribution in [3.63, 3.8) is 0 Å². The molecule has 2 heterocycles. The van der Waals surface area contributed by atoms with Gasteiger partial charge in [-0.15, -0.1) is 0 Å². The second-order valence-electron chi connectivity index (χ2n) is 8.38. The highest BCUT2D eigenvalue weighted by Gasteiger charge is 2.23. The number of anilines is 2. The van der Waals surface area contributed by atoms with E-state index in [-0.39, 0.29) is 17.7 Å². The van der Waals surface area contributed by atoms with Crippen LogP contribution in [0.25, 0.3) is 0 Å². The topological polar surface area (TPSA) is 65.5 Å². The van der Waals surface area contributed by atoms with E-state index in [0.29, 0.717) is 35.9 Å². The van der Waals surface area contributed by atoms with Crippen LogP contribution in [-0.2, 0) is 4.79 Å². The number of carbonyl (C=O) groups excluding carboxylic acids is 2. The smallest absolute Gasteiger partial charge is 0.255 e. The number of nitrogens with one attached hydrogen (secondary N) is 1. The average Bonchev–Trinajstić information content (AvgIpc) is 3.12. The highest BCUT2D eigenvalue weighted by molar-refractivity contribution is 6.33. The number of pyridine rings is 1. The molecule has 34 heavy (non-hydrogen) atoms. The minimum Gasteiger partial charge on any atom is -0.355 e. The van der Waals surface area contributed by atoms with Gasteiger partial charge < -0.3 is 15.1 Å². The second-order valence-corrected chi connectivity index (χ2v) is 8.79. The summed E-state index contributed by atoms with van der Waals surface area (Å²) in [5.41, 5.74) is 2.22. The number of benzene rings is 2. The van der Waals surface area contributed by atoms with Crippen LogP contribution in [0.5, 0.6) is 0 Å². The first-order chi connectivity index (χ1) is 16.6. The third-order valence-corrected chi connectivity index (χ3v) is 6.48. The average molecular weight is 477 g/mol. The Bertz CT molecular complexity index is 1120. The zero-order chi connectivity index (χ0) is 23.9. The monoisotopic (exact) mass is 476 g/mol. The molecule has 6 nitrogen and oxygen atoms in total. The van der Waals surface area contributed by atoms with Gasteiger partial charge in [0.2, 0.25) is 5.91 Å². The lowest BCUT2D eigenvalue weighted by Crippen LogP contribution is -2.35. The molecule has 0 unspecified atom stereocenters. The molecule has 1 aliphatic rings. The van der Waals surface area contributed by atoms with Crippen LogP contribution in [-0.4, -0.2) is 47.9 Å². The van der Waals surface area contributed by atoms with Crippen LogP contribution in [0.3, 0.4) is 0 Å². The molecule has 1 fully saturated rings. The van der Waals surface area contributed by atoms with E-state index >= 15 is 0 Å². The summed E-state index contributed by atoms with van der Waals surface area (Å²) in [6.45, 7) is 4.77. The van der Waals surface area contributed by atoms with E-state index in [0.717, 1.165) is 30.8 Å². The molecule has 0 saturated carbocycles. The molecule has 0 aliphatic carbocycles. The van der Waals surface area contributed by atoms with Crippen LogP contribution in [0.4, 0.5) is 11.5 Å². The highest BCUT2D eigenvalue weighted by Crippen LogP contribution is 2.23. The number of aromatic nitrogens is 1. The van der Waals surface area contributed by atoms with Gasteiger partial charge >= 0.3 is 0 Å². The summed E-state index contributed by atoms with van der Waals surface area (Å²) >= 11 is 6.22. The van der Waals surface area contributed by atoms with E-state index in [2.05, 4.69) is 15.2 Å². The molecular formula is C27H29ClN4O2. The predicted molar refractivity (Wildman–Crippen MR) is 137 cm³/mol. The Kier molecular flexibility index (Phi) is 7.80. The van der Waals surface area contributed by atoms with Crippen molar-refractivity contribution < 1.29 is 9.59 Å². The molecule has 4 rings (SSSR count). The van der Waals surface area contributed by atoms with Crippen molar-refractivity contribution in [2.75, 3.05) is 36.4 Å². The second kappa shape index (κ2) is 11.2. The van der Waals surface area contributed by atoms with Gasteiger partial charge in [0, 0.05) is 26.2 Å². The number of nitrogens with zero attached hydrogens (tertiary/aromatic N) is 3. The fourth-order valence-electron chi connectivity index (χ4n) is 4.29. The first-order valence-electron chi connectivity index (χ1n) is 11.7. The molecule has 1 atom stereocenters. The quantitative estimate of drug-likeness (QED) is 0.529. The van der Waals surface area contributed by atoms with Gasteiger partial charge in [0.05, 0.1) is 28.4 Å². The van der Waals surface area contributed by atoms with Crippen LogP contribution in [0.1, 0.15) is 41.6 Å². The summed E-state index contributed by atoms with van der Waals surface area (Å²) in [5, 5.41) is 3.47. The van der Waals surface area contributed by atoms with E-state index in [1.807, 2.05) is 66.4 Å². The standard InChI is InChI=1S/C27H29ClN4O2/c1-2-22(20-9-4-3-5-10-20)26(33)30-21-13-14-25(29-19-21)31-15-8-16-32(18-17-31)27(34)23-11-6-7-12-24(23)28/h3-7,9-14,19,22H,2,8,15-18H2,1H3,(H,30,33)/t22-/m1/s1. The van der Waals surface area contributed by atoms with E-state index in [1.54, 1.807) is 18.3 Å². The summed E-state index contributed by atoms with van der Waals surface area (Å²) in [6.07, 6.45) is 3.26. The molecule has 176 valence electrons. The van der Waals surface area contributed by atoms with Gasteiger partial charge in [-0.2, -0.15) is 0 Å². The summed E-state index contributed by atoms with van der Waals surface area (Å²) < 4.78 is 0.